The predicted molar refractivity (Wildman–Crippen MR) is 121 cm³/mol. The van der Waals surface area contributed by atoms with Gasteiger partial charge in [0, 0.05) is 44.3 Å². The number of rotatable bonds is 9. The Morgan fingerprint density at radius 2 is 1.97 bits per heavy atom. The number of anilines is 1. The molecule has 2 rings (SSSR count). The third-order valence-corrected chi connectivity index (χ3v) is 4.05. The number of hydrogen-bond donors (Lipinski definition) is 3. The van der Waals surface area contributed by atoms with Crippen molar-refractivity contribution in [2.45, 2.75) is 52.7 Å². The summed E-state index contributed by atoms with van der Waals surface area (Å²) in [7, 11) is 0. The number of nitrogens with one attached hydrogen (secondary N) is 3. The van der Waals surface area contributed by atoms with E-state index < -0.39 is 11.7 Å². The molecule has 8 heteroatoms. The van der Waals surface area contributed by atoms with Gasteiger partial charge in [-0.3, -0.25) is 10.3 Å². The van der Waals surface area contributed by atoms with E-state index in [4.69, 9.17) is 4.74 Å². The molecular weight excluding hydrogens is 380 g/mol. The average molecular weight is 415 g/mol. The normalized spacial score (nSPS) is 11.8. The number of aliphatic imine (C=N–C) groups is 1. The van der Waals surface area contributed by atoms with E-state index in [-0.39, 0.29) is 0 Å². The zero-order valence-corrected chi connectivity index (χ0v) is 18.4. The van der Waals surface area contributed by atoms with Gasteiger partial charge in [-0.15, -0.1) is 0 Å². The van der Waals surface area contributed by atoms with Crippen LogP contribution in [0.2, 0.25) is 0 Å². The number of ether oxygens (including phenoxy) is 1. The lowest BCUT2D eigenvalue weighted by Gasteiger charge is -2.19. The van der Waals surface area contributed by atoms with Crippen LogP contribution in [0.25, 0.3) is 0 Å². The highest BCUT2D eigenvalue weighted by Gasteiger charge is 2.16. The maximum absolute atomic E-state index is 11.8. The molecule has 164 valence electrons. The third kappa shape index (κ3) is 9.45. The Balaban J connectivity index is 1.73. The number of amides is 1. The molecule has 0 bridgehead atoms. The van der Waals surface area contributed by atoms with Crippen molar-refractivity contribution in [1.82, 2.24) is 20.2 Å². The summed E-state index contributed by atoms with van der Waals surface area (Å²) >= 11 is 0. The van der Waals surface area contributed by atoms with Crippen LogP contribution in [-0.4, -0.2) is 46.8 Å². The zero-order chi connectivity index (χ0) is 21.8. The summed E-state index contributed by atoms with van der Waals surface area (Å²) in [6.07, 6.45) is 6.93. The average Bonchev–Trinajstić information content (AvgIpc) is 3.18. The van der Waals surface area contributed by atoms with E-state index >= 15 is 0 Å². The van der Waals surface area contributed by atoms with Crippen LogP contribution in [0.15, 0.2) is 48.0 Å². The van der Waals surface area contributed by atoms with Gasteiger partial charge in [0.2, 0.25) is 0 Å². The van der Waals surface area contributed by atoms with Crippen molar-refractivity contribution in [3.8, 4) is 0 Å². The Hall–Kier alpha value is -3.03. The summed E-state index contributed by atoms with van der Waals surface area (Å²) in [6.45, 7) is 10.8. The van der Waals surface area contributed by atoms with Crippen molar-refractivity contribution in [3.63, 3.8) is 0 Å². The van der Waals surface area contributed by atoms with E-state index in [1.165, 1.54) is 5.56 Å². The number of benzene rings is 1. The van der Waals surface area contributed by atoms with Crippen LogP contribution in [0.1, 0.15) is 39.7 Å². The second kappa shape index (κ2) is 11.8. The minimum Gasteiger partial charge on any atom is -0.444 e. The Kier molecular flexibility index (Phi) is 9.18. The van der Waals surface area contributed by atoms with Crippen molar-refractivity contribution in [3.05, 3.63) is 48.5 Å². The lowest BCUT2D eigenvalue weighted by molar-refractivity contribution is 0.0636. The van der Waals surface area contributed by atoms with E-state index in [0.717, 1.165) is 45.0 Å². The molecule has 0 aliphatic rings. The Morgan fingerprint density at radius 3 is 2.60 bits per heavy atom. The van der Waals surface area contributed by atoms with Gasteiger partial charge in [0.05, 0.1) is 6.33 Å². The molecule has 1 aromatic heterocycles. The summed E-state index contributed by atoms with van der Waals surface area (Å²) in [5.41, 5.74) is 1.38. The summed E-state index contributed by atoms with van der Waals surface area (Å²) < 4.78 is 7.32. The number of hydrogen-bond acceptors (Lipinski definition) is 4. The first-order chi connectivity index (χ1) is 14.4. The standard InChI is InChI=1S/C22H34N6O2/c1-5-24-20(25-12-6-15-28-16-14-23-17-28)26-13-11-18-7-9-19(10-8-18)27-21(29)30-22(2,3)4/h7-10,14,16-17H,5-6,11-13,15H2,1-4H3,(H,27,29)(H2,24,25,26). The van der Waals surface area contributed by atoms with E-state index in [2.05, 4.69) is 37.4 Å². The van der Waals surface area contributed by atoms with Gasteiger partial charge in [-0.1, -0.05) is 12.1 Å². The molecule has 0 aliphatic heterocycles. The highest BCUT2D eigenvalue weighted by molar-refractivity contribution is 5.84. The number of aryl methyl sites for hydroxylation is 1. The summed E-state index contributed by atoms with van der Waals surface area (Å²) in [5.74, 6) is 0.825. The van der Waals surface area contributed by atoms with Crippen molar-refractivity contribution < 1.29 is 9.53 Å². The van der Waals surface area contributed by atoms with Crippen LogP contribution < -0.4 is 16.0 Å². The SMILES string of the molecule is CCNC(=NCCCn1ccnc1)NCCc1ccc(NC(=O)OC(C)(C)C)cc1. The highest BCUT2D eigenvalue weighted by Crippen LogP contribution is 2.13. The minimum absolute atomic E-state index is 0.448. The molecule has 2 aromatic rings. The van der Waals surface area contributed by atoms with Crippen LogP contribution >= 0.6 is 0 Å². The van der Waals surface area contributed by atoms with Crippen molar-refractivity contribution in [2.75, 3.05) is 25.0 Å². The number of aromatic nitrogens is 2. The van der Waals surface area contributed by atoms with Crippen LogP contribution in [-0.2, 0) is 17.7 Å². The van der Waals surface area contributed by atoms with Crippen molar-refractivity contribution in [2.24, 2.45) is 4.99 Å². The number of carbonyl (C=O) groups excluding carboxylic acids is 1. The predicted octanol–water partition coefficient (Wildman–Crippen LogP) is 3.42. The molecule has 0 unspecified atom stereocenters. The third-order valence-electron chi connectivity index (χ3n) is 4.05. The second-order valence-electron chi connectivity index (χ2n) is 7.92. The summed E-state index contributed by atoms with van der Waals surface area (Å²) in [6, 6.07) is 7.77. The van der Waals surface area contributed by atoms with E-state index in [0.29, 0.717) is 5.69 Å². The fourth-order valence-corrected chi connectivity index (χ4v) is 2.71. The van der Waals surface area contributed by atoms with Crippen LogP contribution in [0.3, 0.4) is 0 Å². The molecule has 1 heterocycles. The molecule has 3 N–H and O–H groups in total. The molecule has 0 atom stereocenters. The number of nitrogens with zero attached hydrogens (tertiary/aromatic N) is 3. The second-order valence-corrected chi connectivity index (χ2v) is 7.92. The first-order valence-corrected chi connectivity index (χ1v) is 10.4. The Bertz CT molecular complexity index is 779. The van der Waals surface area contributed by atoms with Crippen molar-refractivity contribution >= 4 is 17.7 Å². The molecule has 0 saturated heterocycles. The number of guanidine groups is 1. The molecule has 0 spiro atoms. The highest BCUT2D eigenvalue weighted by atomic mass is 16.6. The van der Waals surface area contributed by atoms with Gasteiger partial charge >= 0.3 is 6.09 Å². The summed E-state index contributed by atoms with van der Waals surface area (Å²) in [4.78, 5) is 20.5. The molecule has 8 nitrogen and oxygen atoms in total. The van der Waals surface area contributed by atoms with Gasteiger partial charge in [0.1, 0.15) is 5.60 Å². The largest absolute Gasteiger partial charge is 0.444 e. The maximum Gasteiger partial charge on any atom is 0.412 e. The van der Waals surface area contributed by atoms with Crippen LogP contribution in [0.5, 0.6) is 0 Å². The molecule has 30 heavy (non-hydrogen) atoms. The first kappa shape index (κ1) is 23.3. The quantitative estimate of drug-likeness (QED) is 0.332. The fourth-order valence-electron chi connectivity index (χ4n) is 2.71. The smallest absolute Gasteiger partial charge is 0.412 e. The Morgan fingerprint density at radius 1 is 1.20 bits per heavy atom. The molecule has 0 aliphatic carbocycles. The van der Waals surface area contributed by atoms with Gasteiger partial charge in [0.25, 0.3) is 0 Å². The van der Waals surface area contributed by atoms with Gasteiger partial charge in [-0.2, -0.15) is 0 Å². The van der Waals surface area contributed by atoms with Gasteiger partial charge in [-0.05, 0) is 58.2 Å². The summed E-state index contributed by atoms with van der Waals surface area (Å²) in [5, 5.41) is 9.38. The van der Waals surface area contributed by atoms with E-state index in [1.54, 1.807) is 6.20 Å². The van der Waals surface area contributed by atoms with Gasteiger partial charge in [0.15, 0.2) is 5.96 Å². The van der Waals surface area contributed by atoms with Crippen LogP contribution in [0, 0.1) is 0 Å². The van der Waals surface area contributed by atoms with Crippen molar-refractivity contribution in [1.29, 1.82) is 0 Å². The first-order valence-electron chi connectivity index (χ1n) is 10.4. The maximum atomic E-state index is 11.8. The molecule has 0 saturated carbocycles. The molecule has 0 fully saturated rings. The monoisotopic (exact) mass is 414 g/mol. The topological polar surface area (TPSA) is 92.6 Å². The fraction of sp³-hybridized carbons (Fsp3) is 0.500. The number of imidazole rings is 1. The van der Waals surface area contributed by atoms with E-state index in [1.807, 2.05) is 57.6 Å². The minimum atomic E-state index is -0.513. The van der Waals surface area contributed by atoms with E-state index in [9.17, 15) is 4.79 Å². The molecule has 0 radical (unpaired) electrons. The zero-order valence-electron chi connectivity index (χ0n) is 18.4. The van der Waals surface area contributed by atoms with Crippen LogP contribution in [0.4, 0.5) is 10.5 Å². The Labute approximate surface area is 179 Å². The molecular formula is C22H34N6O2. The lowest BCUT2D eigenvalue weighted by Crippen LogP contribution is -2.38. The molecule has 1 amide bonds. The molecule has 1 aromatic carbocycles. The lowest BCUT2D eigenvalue weighted by atomic mass is 10.1. The van der Waals surface area contributed by atoms with Gasteiger partial charge in [-0.25, -0.2) is 9.78 Å². The van der Waals surface area contributed by atoms with Gasteiger partial charge < -0.3 is 19.9 Å². The number of carbonyl (C=O) groups is 1.